The van der Waals surface area contributed by atoms with Crippen molar-refractivity contribution in [3.05, 3.63) is 66.3 Å². The van der Waals surface area contributed by atoms with Gasteiger partial charge in [0.15, 0.2) is 10.8 Å². The molecule has 38 heavy (non-hydrogen) atoms. The lowest BCUT2D eigenvalue weighted by Crippen LogP contribution is -2.45. The molecule has 1 saturated heterocycles. The lowest BCUT2D eigenvalue weighted by atomic mass is 10.0. The Morgan fingerprint density at radius 1 is 1.29 bits per heavy atom. The highest BCUT2D eigenvalue weighted by Gasteiger charge is 2.28. The van der Waals surface area contributed by atoms with Gasteiger partial charge >= 0.3 is 0 Å². The monoisotopic (exact) mass is 544 g/mol. The number of aryl methyl sites for hydroxylation is 1. The molecular weight excluding hydrogens is 508 g/mol. The third-order valence-corrected chi connectivity index (χ3v) is 7.42. The van der Waals surface area contributed by atoms with Crippen molar-refractivity contribution in [2.24, 2.45) is 11.7 Å². The maximum absolute atomic E-state index is 12.2. The van der Waals surface area contributed by atoms with Crippen LogP contribution in [0.5, 0.6) is 0 Å². The molecular formula is C27H36N4O6S. The number of nitrogens with two attached hydrogens (primary N) is 1. The first-order chi connectivity index (χ1) is 17.9. The summed E-state index contributed by atoms with van der Waals surface area (Å²) in [6, 6.07) is 5.66. The molecule has 3 heterocycles. The summed E-state index contributed by atoms with van der Waals surface area (Å²) in [6.07, 6.45) is 9.06. The van der Waals surface area contributed by atoms with E-state index in [1.807, 2.05) is 13.8 Å². The predicted octanol–water partition coefficient (Wildman–Crippen LogP) is 3.24. The second-order valence-corrected chi connectivity index (χ2v) is 11.2. The van der Waals surface area contributed by atoms with Gasteiger partial charge in [-0.3, -0.25) is 14.4 Å². The van der Waals surface area contributed by atoms with E-state index in [0.717, 1.165) is 18.4 Å². The van der Waals surface area contributed by atoms with Gasteiger partial charge in [-0.15, -0.1) is 0 Å². The molecule has 3 rings (SSSR count). The number of primary amides is 1. The fraction of sp³-hybridized carbons (Fsp3) is 0.407. The van der Waals surface area contributed by atoms with Gasteiger partial charge in [0.05, 0.1) is 6.54 Å². The smallest absolute Gasteiger partial charge is 0.287 e. The molecule has 0 aromatic carbocycles. The Bertz CT molecular complexity index is 1250. The van der Waals surface area contributed by atoms with Crippen molar-refractivity contribution in [2.45, 2.75) is 57.5 Å². The summed E-state index contributed by atoms with van der Waals surface area (Å²) in [5.74, 6) is 0.00564. The Morgan fingerprint density at radius 2 is 2.03 bits per heavy atom. The van der Waals surface area contributed by atoms with E-state index in [2.05, 4.69) is 16.9 Å². The van der Waals surface area contributed by atoms with E-state index in [0.29, 0.717) is 25.1 Å². The summed E-state index contributed by atoms with van der Waals surface area (Å²) in [4.78, 5) is 38.8. The number of nitrogens with one attached hydrogen (secondary N) is 1. The molecule has 11 heteroatoms. The van der Waals surface area contributed by atoms with E-state index >= 15 is 0 Å². The molecule has 0 aliphatic carbocycles. The molecule has 2 aromatic rings. The Balaban J connectivity index is 0.000000272. The van der Waals surface area contributed by atoms with Crippen molar-refractivity contribution < 1.29 is 27.2 Å². The van der Waals surface area contributed by atoms with E-state index in [9.17, 15) is 22.8 Å². The minimum Gasteiger partial charge on any atom is -0.456 e. The Labute approximate surface area is 224 Å². The number of amides is 2. The molecule has 1 aliphatic rings. The first-order valence-electron chi connectivity index (χ1n) is 12.4. The van der Waals surface area contributed by atoms with Crippen molar-refractivity contribution in [2.75, 3.05) is 13.1 Å². The molecule has 10 nitrogen and oxygen atoms in total. The zero-order valence-corrected chi connectivity index (χ0v) is 22.9. The lowest BCUT2D eigenvalue weighted by Gasteiger charge is -2.18. The topological polar surface area (TPSA) is 153 Å². The van der Waals surface area contributed by atoms with E-state index in [1.54, 1.807) is 43.4 Å². The number of furan rings is 1. The number of pyridine rings is 1. The maximum Gasteiger partial charge on any atom is 0.287 e. The van der Waals surface area contributed by atoms with Crippen LogP contribution in [0.3, 0.4) is 0 Å². The van der Waals surface area contributed by atoms with Crippen molar-refractivity contribution in [3.63, 3.8) is 0 Å². The number of Topliss-reactive ketones (excluding diaryl/α,β-unsaturated/α-hetero) is 1. The van der Waals surface area contributed by atoms with Crippen LogP contribution in [0.25, 0.3) is 6.08 Å². The van der Waals surface area contributed by atoms with E-state index < -0.39 is 27.9 Å². The van der Waals surface area contributed by atoms with Crippen LogP contribution in [-0.2, 0) is 19.6 Å². The molecule has 2 aromatic heterocycles. The van der Waals surface area contributed by atoms with Gasteiger partial charge in [0.2, 0.25) is 5.91 Å². The molecule has 3 N–H and O–H groups in total. The van der Waals surface area contributed by atoms with Gasteiger partial charge in [-0.2, -0.15) is 4.31 Å². The molecule has 1 atom stereocenters. The number of carbonyl (C=O) groups is 3. The number of aromatic nitrogens is 1. The molecule has 0 saturated carbocycles. The van der Waals surface area contributed by atoms with Crippen LogP contribution in [0.15, 0.2) is 58.6 Å². The first kappa shape index (κ1) is 30.7. The van der Waals surface area contributed by atoms with Crippen molar-refractivity contribution >= 4 is 33.7 Å². The SMILES string of the molecule is C=C/C=C\c1cc(C(=O)NC(CC(C)C)C(N)=O)oc1C.O=C1CCCCN(S(=O)(=O)c2ccccn2)C1. The molecule has 0 radical (unpaired) electrons. The third-order valence-electron chi connectivity index (χ3n) is 5.66. The summed E-state index contributed by atoms with van der Waals surface area (Å²) in [6.45, 7) is 9.62. The molecule has 1 unspecified atom stereocenters. The standard InChI is InChI=1S/C16H22N2O3.C11H14N2O3S/c1-5-6-7-12-9-14(21-11(12)4)16(20)18-13(15(17)19)8-10(2)3;14-10-5-2-4-8-13(9-10)17(15,16)11-6-1-3-7-12-11/h5-7,9-10,13H,1,8H2,2-4H3,(H2,17,19)(H,18,20);1,3,6-7H,2,4-5,8-9H2/b7-6-;. The van der Waals surface area contributed by atoms with Gasteiger partial charge in [0.25, 0.3) is 15.9 Å². The highest BCUT2D eigenvalue weighted by Crippen LogP contribution is 2.18. The molecule has 206 valence electrons. The van der Waals surface area contributed by atoms with Crippen LogP contribution < -0.4 is 11.1 Å². The van der Waals surface area contributed by atoms with Crippen LogP contribution in [0, 0.1) is 12.8 Å². The average molecular weight is 545 g/mol. The number of ketones is 1. The van der Waals surface area contributed by atoms with Crippen molar-refractivity contribution in [3.8, 4) is 0 Å². The summed E-state index contributed by atoms with van der Waals surface area (Å²) in [7, 11) is -3.62. The van der Waals surface area contributed by atoms with Crippen molar-refractivity contribution in [1.29, 1.82) is 0 Å². The maximum atomic E-state index is 12.2. The number of hydrogen-bond acceptors (Lipinski definition) is 7. The Hall–Kier alpha value is -3.57. The summed E-state index contributed by atoms with van der Waals surface area (Å²) in [5.41, 5.74) is 6.10. The molecule has 1 fully saturated rings. The van der Waals surface area contributed by atoms with Crippen LogP contribution >= 0.6 is 0 Å². The fourth-order valence-electron chi connectivity index (χ4n) is 3.69. The Morgan fingerprint density at radius 3 is 2.63 bits per heavy atom. The van der Waals surface area contributed by atoms with Crippen LogP contribution in [-0.4, -0.2) is 54.4 Å². The largest absolute Gasteiger partial charge is 0.456 e. The van der Waals surface area contributed by atoms with Gasteiger partial charge < -0.3 is 15.5 Å². The number of hydrogen-bond donors (Lipinski definition) is 2. The van der Waals surface area contributed by atoms with Gasteiger partial charge in [0.1, 0.15) is 17.6 Å². The van der Waals surface area contributed by atoms with Gasteiger partial charge in [-0.05, 0) is 50.3 Å². The molecule has 1 aliphatic heterocycles. The second-order valence-electron chi connectivity index (χ2n) is 9.28. The number of rotatable bonds is 9. The van der Waals surface area contributed by atoms with E-state index in [-0.39, 0.29) is 29.0 Å². The Kier molecular flexibility index (Phi) is 11.6. The number of allylic oxidation sites excluding steroid dienone is 2. The fourth-order valence-corrected chi connectivity index (χ4v) is 5.09. The summed E-state index contributed by atoms with van der Waals surface area (Å²) in [5, 5.41) is 2.62. The molecule has 0 spiro atoms. The number of sulfonamides is 1. The highest BCUT2D eigenvalue weighted by molar-refractivity contribution is 7.89. The average Bonchev–Trinajstić information content (AvgIpc) is 3.09. The molecule has 0 bridgehead atoms. The quantitative estimate of drug-likeness (QED) is 0.460. The van der Waals surface area contributed by atoms with E-state index in [1.165, 1.54) is 16.6 Å². The summed E-state index contributed by atoms with van der Waals surface area (Å²) >= 11 is 0. The van der Waals surface area contributed by atoms with E-state index in [4.69, 9.17) is 10.2 Å². The third kappa shape index (κ3) is 9.07. The molecule has 2 amide bonds. The minimum atomic E-state index is -3.62. The highest BCUT2D eigenvalue weighted by atomic mass is 32.2. The zero-order valence-electron chi connectivity index (χ0n) is 22.1. The number of carbonyl (C=O) groups excluding carboxylic acids is 3. The van der Waals surface area contributed by atoms with Crippen LogP contribution in [0.1, 0.15) is 61.4 Å². The van der Waals surface area contributed by atoms with Crippen molar-refractivity contribution in [1.82, 2.24) is 14.6 Å². The van der Waals surface area contributed by atoms with Crippen LogP contribution in [0.2, 0.25) is 0 Å². The second kappa shape index (κ2) is 14.4. The lowest BCUT2D eigenvalue weighted by molar-refractivity contribution is -0.120. The first-order valence-corrected chi connectivity index (χ1v) is 13.8. The minimum absolute atomic E-state index is 0.00898. The van der Waals surface area contributed by atoms with Gasteiger partial charge in [-0.25, -0.2) is 13.4 Å². The van der Waals surface area contributed by atoms with Crippen LogP contribution in [0.4, 0.5) is 0 Å². The van der Waals surface area contributed by atoms with Gasteiger partial charge in [0, 0.05) is 24.7 Å². The number of nitrogens with zero attached hydrogens (tertiary/aromatic N) is 2. The summed E-state index contributed by atoms with van der Waals surface area (Å²) < 4.78 is 31.0. The zero-order chi connectivity index (χ0) is 28.3. The predicted molar refractivity (Wildman–Crippen MR) is 144 cm³/mol. The normalized spacial score (nSPS) is 15.4. The van der Waals surface area contributed by atoms with Gasteiger partial charge in [-0.1, -0.05) is 44.7 Å².